The van der Waals surface area contributed by atoms with Gasteiger partial charge in [-0.15, -0.1) is 0 Å². The van der Waals surface area contributed by atoms with Gasteiger partial charge >= 0.3 is 0 Å². The van der Waals surface area contributed by atoms with Crippen LogP contribution in [0.2, 0.25) is 0 Å². The minimum atomic E-state index is -0.411. The number of hydrogen-bond donors (Lipinski definition) is 2. The van der Waals surface area contributed by atoms with Crippen molar-refractivity contribution in [3.63, 3.8) is 0 Å². The van der Waals surface area contributed by atoms with Crippen LogP contribution in [0.1, 0.15) is 12.5 Å². The molecule has 0 unspecified atom stereocenters. The van der Waals surface area contributed by atoms with Crippen molar-refractivity contribution in [2.45, 2.75) is 6.92 Å². The van der Waals surface area contributed by atoms with Gasteiger partial charge in [0.15, 0.2) is 5.82 Å². The third-order valence-electron chi connectivity index (χ3n) is 4.09. The highest BCUT2D eigenvalue weighted by Crippen LogP contribution is 2.31. The summed E-state index contributed by atoms with van der Waals surface area (Å²) in [4.78, 5) is 15.9. The summed E-state index contributed by atoms with van der Waals surface area (Å²) in [6.45, 7) is 5.92. The largest absolute Gasteiger partial charge is 0.354 e. The lowest BCUT2D eigenvalue weighted by atomic mass is 10.1. The molecule has 4 rings (SSSR count). The maximum Gasteiger partial charge on any atom is 0.151 e. The van der Waals surface area contributed by atoms with Crippen LogP contribution < -0.4 is 5.32 Å². The summed E-state index contributed by atoms with van der Waals surface area (Å²) in [5, 5.41) is 4.36. The first-order valence-corrected chi connectivity index (χ1v) is 8.09. The number of allylic oxidation sites excluding steroid dienone is 1. The fraction of sp³-hybridized carbons (Fsp3) is 0.0500. The summed E-state index contributed by atoms with van der Waals surface area (Å²) >= 11 is 0. The number of nitrogens with one attached hydrogen (secondary N) is 2. The Morgan fingerprint density at radius 3 is 2.81 bits per heavy atom. The molecule has 0 spiro atoms. The van der Waals surface area contributed by atoms with Crippen LogP contribution in [-0.4, -0.2) is 19.9 Å². The highest BCUT2D eigenvalue weighted by molar-refractivity contribution is 5.92. The maximum atomic E-state index is 14.1. The summed E-state index contributed by atoms with van der Waals surface area (Å²) < 4.78 is 14.1. The monoisotopic (exact) mass is 345 g/mol. The molecular formula is C20H16FN5. The van der Waals surface area contributed by atoms with Gasteiger partial charge < -0.3 is 10.3 Å². The van der Waals surface area contributed by atoms with Gasteiger partial charge in [0.25, 0.3) is 0 Å². The van der Waals surface area contributed by atoms with Crippen molar-refractivity contribution < 1.29 is 4.39 Å². The number of hydrogen-bond acceptors (Lipinski definition) is 4. The average Bonchev–Trinajstić information content (AvgIpc) is 3.12. The number of nitrogens with zero attached hydrogens (tertiary/aromatic N) is 3. The van der Waals surface area contributed by atoms with Gasteiger partial charge in [-0.1, -0.05) is 6.58 Å². The second kappa shape index (κ2) is 6.40. The fourth-order valence-corrected chi connectivity index (χ4v) is 2.82. The zero-order valence-electron chi connectivity index (χ0n) is 14.1. The second-order valence-corrected chi connectivity index (χ2v) is 5.95. The lowest BCUT2D eigenvalue weighted by Gasteiger charge is -2.14. The normalized spacial score (nSPS) is 10.8. The predicted molar refractivity (Wildman–Crippen MR) is 102 cm³/mol. The first-order chi connectivity index (χ1) is 12.6. The molecule has 0 aliphatic heterocycles. The average molecular weight is 345 g/mol. The summed E-state index contributed by atoms with van der Waals surface area (Å²) in [5.74, 6) is -0.411. The Morgan fingerprint density at radius 2 is 2.00 bits per heavy atom. The number of aromatic nitrogens is 4. The van der Waals surface area contributed by atoms with Gasteiger partial charge in [0.05, 0.1) is 11.4 Å². The van der Waals surface area contributed by atoms with Crippen LogP contribution in [0.3, 0.4) is 0 Å². The third-order valence-corrected chi connectivity index (χ3v) is 4.09. The molecule has 4 aromatic rings. The SMILES string of the molecule is C=C(C)c1cnc(-c2ncccc2F)cc1Nc1ccnc2[nH]ccc12. The fourth-order valence-electron chi connectivity index (χ4n) is 2.82. The number of halogens is 1. The van der Waals surface area contributed by atoms with E-state index in [0.29, 0.717) is 5.69 Å². The Morgan fingerprint density at radius 1 is 1.12 bits per heavy atom. The maximum absolute atomic E-state index is 14.1. The van der Waals surface area contributed by atoms with Crippen molar-refractivity contribution in [1.82, 2.24) is 19.9 Å². The Kier molecular flexibility index (Phi) is 3.93. The molecule has 4 heterocycles. The molecule has 0 saturated carbocycles. The minimum absolute atomic E-state index is 0.213. The van der Waals surface area contributed by atoms with Crippen molar-refractivity contribution in [1.29, 1.82) is 0 Å². The number of aromatic amines is 1. The van der Waals surface area contributed by atoms with Crippen LogP contribution in [0.4, 0.5) is 15.8 Å². The second-order valence-electron chi connectivity index (χ2n) is 5.95. The molecule has 0 saturated heterocycles. The van der Waals surface area contributed by atoms with Crippen LogP contribution in [0.5, 0.6) is 0 Å². The number of pyridine rings is 3. The summed E-state index contributed by atoms with van der Waals surface area (Å²) in [7, 11) is 0. The van der Waals surface area contributed by atoms with Crippen LogP contribution in [0.15, 0.2) is 61.7 Å². The van der Waals surface area contributed by atoms with E-state index in [0.717, 1.165) is 33.5 Å². The van der Waals surface area contributed by atoms with E-state index in [9.17, 15) is 4.39 Å². The molecule has 128 valence electrons. The zero-order valence-corrected chi connectivity index (χ0v) is 14.1. The molecule has 0 fully saturated rings. The smallest absolute Gasteiger partial charge is 0.151 e. The van der Waals surface area contributed by atoms with E-state index in [2.05, 4.69) is 31.8 Å². The molecule has 4 aromatic heterocycles. The summed E-state index contributed by atoms with van der Waals surface area (Å²) in [6, 6.07) is 8.55. The Hall–Kier alpha value is -3.54. The third kappa shape index (κ3) is 2.82. The van der Waals surface area contributed by atoms with E-state index in [-0.39, 0.29) is 5.69 Å². The van der Waals surface area contributed by atoms with Crippen molar-refractivity contribution >= 4 is 28.0 Å². The Bertz CT molecular complexity index is 1120. The first kappa shape index (κ1) is 16.0. The van der Waals surface area contributed by atoms with Crippen LogP contribution in [0.25, 0.3) is 28.0 Å². The van der Waals surface area contributed by atoms with Gasteiger partial charge in [-0.05, 0) is 42.8 Å². The van der Waals surface area contributed by atoms with E-state index in [4.69, 9.17) is 0 Å². The van der Waals surface area contributed by atoms with E-state index in [1.807, 2.05) is 25.3 Å². The quantitative estimate of drug-likeness (QED) is 0.550. The van der Waals surface area contributed by atoms with Gasteiger partial charge in [-0.25, -0.2) is 9.37 Å². The topological polar surface area (TPSA) is 66.5 Å². The lowest BCUT2D eigenvalue weighted by molar-refractivity contribution is 0.625. The van der Waals surface area contributed by atoms with Gasteiger partial charge in [-0.3, -0.25) is 9.97 Å². The standard InChI is InChI=1S/C20H16FN5/c1-12(2)14-11-25-18(19-15(21)4-3-7-22-19)10-17(14)26-16-6-9-24-20-13(16)5-8-23-20/h3-11H,1H2,2H3,(H2,23,24,25,26). The van der Waals surface area contributed by atoms with E-state index < -0.39 is 5.82 Å². The molecule has 0 bridgehead atoms. The molecule has 0 aliphatic rings. The van der Waals surface area contributed by atoms with E-state index in [1.54, 1.807) is 30.7 Å². The van der Waals surface area contributed by atoms with Crippen LogP contribution in [0, 0.1) is 5.82 Å². The predicted octanol–water partition coefficient (Wildman–Crippen LogP) is 4.94. The molecular weight excluding hydrogens is 329 g/mol. The minimum Gasteiger partial charge on any atom is -0.354 e. The number of fused-ring (bicyclic) bond motifs is 1. The lowest BCUT2D eigenvalue weighted by Crippen LogP contribution is -1.99. The molecule has 0 amide bonds. The molecule has 6 heteroatoms. The van der Waals surface area contributed by atoms with E-state index in [1.165, 1.54) is 6.07 Å². The van der Waals surface area contributed by atoms with Gasteiger partial charge in [0.2, 0.25) is 0 Å². The van der Waals surface area contributed by atoms with Gasteiger partial charge in [0.1, 0.15) is 11.3 Å². The summed E-state index contributed by atoms with van der Waals surface area (Å²) in [6.07, 6.45) is 6.79. The molecule has 0 atom stereocenters. The van der Waals surface area contributed by atoms with Gasteiger partial charge in [-0.2, -0.15) is 0 Å². The molecule has 0 radical (unpaired) electrons. The molecule has 26 heavy (non-hydrogen) atoms. The Labute approximate surface area is 149 Å². The zero-order chi connectivity index (χ0) is 18.1. The highest BCUT2D eigenvalue weighted by atomic mass is 19.1. The van der Waals surface area contributed by atoms with Crippen molar-refractivity contribution in [2.24, 2.45) is 0 Å². The summed E-state index contributed by atoms with van der Waals surface area (Å²) in [5.41, 5.74) is 4.83. The number of H-pyrrole nitrogens is 1. The van der Waals surface area contributed by atoms with Crippen molar-refractivity contribution in [3.8, 4) is 11.4 Å². The number of anilines is 2. The van der Waals surface area contributed by atoms with Crippen molar-refractivity contribution in [2.75, 3.05) is 5.32 Å². The van der Waals surface area contributed by atoms with Crippen LogP contribution in [-0.2, 0) is 0 Å². The molecule has 5 nitrogen and oxygen atoms in total. The van der Waals surface area contributed by atoms with Crippen LogP contribution >= 0.6 is 0 Å². The van der Waals surface area contributed by atoms with Gasteiger partial charge in [0, 0.05) is 41.4 Å². The first-order valence-electron chi connectivity index (χ1n) is 8.09. The molecule has 2 N–H and O–H groups in total. The van der Waals surface area contributed by atoms with E-state index >= 15 is 0 Å². The van der Waals surface area contributed by atoms with Crippen molar-refractivity contribution in [3.05, 3.63) is 73.1 Å². The Balaban J connectivity index is 1.83. The molecule has 0 aromatic carbocycles. The highest BCUT2D eigenvalue weighted by Gasteiger charge is 2.13. The molecule has 0 aliphatic carbocycles. The number of rotatable bonds is 4.